The highest BCUT2D eigenvalue weighted by atomic mass is 32.2. The summed E-state index contributed by atoms with van der Waals surface area (Å²) in [6.07, 6.45) is -4.79. The fraction of sp³-hybridized carbons (Fsp3) is 0.200. The van der Waals surface area contributed by atoms with Crippen molar-refractivity contribution in [3.63, 3.8) is 0 Å². The van der Waals surface area contributed by atoms with Gasteiger partial charge in [-0.3, -0.25) is 9.59 Å². The SMILES string of the molecule is C[C@@H](Sc1nc(C(F)(F)F)nc2ccccc12)C(=O)NCC(=O)Nc1ccc(F)c(F)c1F. The van der Waals surface area contributed by atoms with Crippen LogP contribution in [0.1, 0.15) is 12.7 Å². The van der Waals surface area contributed by atoms with E-state index in [2.05, 4.69) is 15.3 Å². The number of carbonyl (C=O) groups is 2. The van der Waals surface area contributed by atoms with E-state index in [9.17, 15) is 35.9 Å². The average Bonchev–Trinajstić information content (AvgIpc) is 2.77. The number of fused-ring (bicyclic) bond motifs is 1. The third kappa shape index (κ3) is 5.72. The molecule has 0 saturated carbocycles. The van der Waals surface area contributed by atoms with E-state index in [4.69, 9.17) is 0 Å². The summed E-state index contributed by atoms with van der Waals surface area (Å²) in [4.78, 5) is 31.3. The molecule has 3 aromatic rings. The third-order valence-electron chi connectivity index (χ3n) is 4.21. The molecule has 0 aliphatic rings. The zero-order chi connectivity index (χ0) is 24.3. The average molecular weight is 488 g/mol. The predicted octanol–water partition coefficient (Wildman–Crippen LogP) is 4.30. The number of benzene rings is 2. The number of halogens is 6. The van der Waals surface area contributed by atoms with Crippen LogP contribution in [-0.4, -0.2) is 33.6 Å². The molecule has 0 bridgehead atoms. The lowest BCUT2D eigenvalue weighted by atomic mass is 10.2. The lowest BCUT2D eigenvalue weighted by molar-refractivity contribution is -0.145. The Hall–Kier alpha value is -3.35. The van der Waals surface area contributed by atoms with Gasteiger partial charge in [-0.05, 0) is 25.1 Å². The minimum atomic E-state index is -4.79. The first-order chi connectivity index (χ1) is 15.5. The Morgan fingerprint density at radius 1 is 1.03 bits per heavy atom. The van der Waals surface area contributed by atoms with Crippen LogP contribution in [0.3, 0.4) is 0 Å². The Bertz CT molecular complexity index is 1220. The molecule has 174 valence electrons. The number of thioether (sulfide) groups is 1. The molecule has 1 heterocycles. The summed E-state index contributed by atoms with van der Waals surface area (Å²) in [5, 5.41) is 3.47. The minimum absolute atomic E-state index is 0.0443. The molecule has 6 nitrogen and oxygen atoms in total. The second-order valence-electron chi connectivity index (χ2n) is 6.62. The van der Waals surface area contributed by atoms with Crippen LogP contribution in [0.4, 0.5) is 32.0 Å². The highest BCUT2D eigenvalue weighted by molar-refractivity contribution is 8.00. The van der Waals surface area contributed by atoms with Gasteiger partial charge in [0.25, 0.3) is 0 Å². The first kappa shape index (κ1) is 24.3. The Kier molecular flexibility index (Phi) is 7.10. The van der Waals surface area contributed by atoms with Gasteiger partial charge < -0.3 is 10.6 Å². The molecule has 33 heavy (non-hydrogen) atoms. The summed E-state index contributed by atoms with van der Waals surface area (Å²) in [7, 11) is 0. The standard InChI is InChI=1S/C20H14F6N4O2S/c1-9(17(32)27-8-14(31)28-13-7-6-11(21)15(22)16(13)23)33-18-10-4-2-3-5-12(10)29-19(30-18)20(24,25)26/h2-7,9H,8H2,1H3,(H,27,32)(H,28,31)/t9-/m1/s1. The van der Waals surface area contributed by atoms with Crippen molar-refractivity contribution in [1.29, 1.82) is 0 Å². The maximum absolute atomic E-state index is 13.6. The number of anilines is 1. The van der Waals surface area contributed by atoms with Crippen molar-refractivity contribution in [2.45, 2.75) is 23.4 Å². The van der Waals surface area contributed by atoms with Crippen LogP contribution in [-0.2, 0) is 15.8 Å². The van der Waals surface area contributed by atoms with Crippen LogP contribution in [0.25, 0.3) is 10.9 Å². The number of nitrogens with zero attached hydrogens (tertiary/aromatic N) is 2. The molecule has 0 saturated heterocycles. The number of amides is 2. The number of nitrogens with one attached hydrogen (secondary N) is 2. The highest BCUT2D eigenvalue weighted by Gasteiger charge is 2.36. The van der Waals surface area contributed by atoms with E-state index in [1.54, 1.807) is 6.07 Å². The van der Waals surface area contributed by atoms with Crippen molar-refractivity contribution >= 4 is 40.2 Å². The van der Waals surface area contributed by atoms with Gasteiger partial charge in [0.2, 0.25) is 17.6 Å². The maximum atomic E-state index is 13.6. The molecule has 1 atom stereocenters. The van der Waals surface area contributed by atoms with Crippen molar-refractivity contribution in [2.75, 3.05) is 11.9 Å². The predicted molar refractivity (Wildman–Crippen MR) is 108 cm³/mol. The molecule has 2 aromatic carbocycles. The summed E-state index contributed by atoms with van der Waals surface area (Å²) in [5.41, 5.74) is -0.578. The van der Waals surface area contributed by atoms with Gasteiger partial charge in [-0.1, -0.05) is 30.0 Å². The van der Waals surface area contributed by atoms with Crippen LogP contribution < -0.4 is 10.6 Å². The summed E-state index contributed by atoms with van der Waals surface area (Å²) < 4.78 is 79.2. The van der Waals surface area contributed by atoms with Gasteiger partial charge in [-0.25, -0.2) is 23.1 Å². The van der Waals surface area contributed by atoms with Gasteiger partial charge >= 0.3 is 6.18 Å². The fourth-order valence-electron chi connectivity index (χ4n) is 2.61. The number of hydrogen-bond donors (Lipinski definition) is 2. The molecule has 0 aliphatic heterocycles. The van der Waals surface area contributed by atoms with Gasteiger partial charge in [0.15, 0.2) is 17.5 Å². The topological polar surface area (TPSA) is 84.0 Å². The molecule has 0 unspecified atom stereocenters. The smallest absolute Gasteiger partial charge is 0.346 e. The number of carbonyl (C=O) groups excluding carboxylic acids is 2. The van der Waals surface area contributed by atoms with Crippen LogP contribution in [0.15, 0.2) is 41.4 Å². The van der Waals surface area contributed by atoms with Gasteiger partial charge in [0.1, 0.15) is 5.03 Å². The summed E-state index contributed by atoms with van der Waals surface area (Å²) in [6, 6.07) is 7.40. The molecule has 2 N–H and O–H groups in total. The lowest BCUT2D eigenvalue weighted by Gasteiger charge is -2.14. The molecule has 3 rings (SSSR count). The summed E-state index contributed by atoms with van der Waals surface area (Å²) in [5.74, 6) is -7.82. The van der Waals surface area contributed by atoms with Crippen molar-refractivity contribution in [3.05, 3.63) is 59.7 Å². The van der Waals surface area contributed by atoms with Crippen LogP contribution in [0, 0.1) is 17.5 Å². The van der Waals surface area contributed by atoms with Crippen molar-refractivity contribution in [1.82, 2.24) is 15.3 Å². The third-order valence-corrected chi connectivity index (χ3v) is 5.31. The van der Waals surface area contributed by atoms with Crippen molar-refractivity contribution < 1.29 is 35.9 Å². The monoisotopic (exact) mass is 488 g/mol. The van der Waals surface area contributed by atoms with Crippen LogP contribution in [0.5, 0.6) is 0 Å². The number of rotatable bonds is 6. The molecule has 13 heteroatoms. The van der Waals surface area contributed by atoms with E-state index in [1.165, 1.54) is 25.1 Å². The maximum Gasteiger partial charge on any atom is 0.451 e. The Labute approximate surface area is 186 Å². The molecule has 0 spiro atoms. The Morgan fingerprint density at radius 3 is 2.42 bits per heavy atom. The molecule has 0 fully saturated rings. The van der Waals surface area contributed by atoms with E-state index in [1.807, 2.05) is 5.32 Å². The van der Waals surface area contributed by atoms with Gasteiger partial charge in [-0.15, -0.1) is 0 Å². The van der Waals surface area contributed by atoms with E-state index in [0.29, 0.717) is 11.5 Å². The van der Waals surface area contributed by atoms with Gasteiger partial charge in [0.05, 0.1) is 23.0 Å². The minimum Gasteiger partial charge on any atom is -0.346 e. The molecule has 0 aliphatic carbocycles. The first-order valence-electron chi connectivity index (χ1n) is 9.19. The number of aromatic nitrogens is 2. The Morgan fingerprint density at radius 2 is 1.73 bits per heavy atom. The number of hydrogen-bond acceptors (Lipinski definition) is 5. The number of alkyl halides is 3. The van der Waals surface area contributed by atoms with E-state index >= 15 is 0 Å². The molecule has 1 aromatic heterocycles. The van der Waals surface area contributed by atoms with Crippen LogP contribution >= 0.6 is 11.8 Å². The second kappa shape index (κ2) is 9.65. The zero-order valence-corrected chi connectivity index (χ0v) is 17.5. The number of para-hydroxylation sites is 1. The summed E-state index contributed by atoms with van der Waals surface area (Å²) in [6.45, 7) is 0.734. The largest absolute Gasteiger partial charge is 0.451 e. The molecule has 2 amide bonds. The molecular weight excluding hydrogens is 474 g/mol. The van der Waals surface area contributed by atoms with E-state index in [0.717, 1.165) is 17.8 Å². The molecular formula is C20H14F6N4O2S. The van der Waals surface area contributed by atoms with Crippen molar-refractivity contribution in [3.8, 4) is 0 Å². The first-order valence-corrected chi connectivity index (χ1v) is 10.1. The van der Waals surface area contributed by atoms with E-state index < -0.39 is 58.7 Å². The normalized spacial score (nSPS) is 12.5. The van der Waals surface area contributed by atoms with Crippen LogP contribution in [0.2, 0.25) is 0 Å². The van der Waals surface area contributed by atoms with E-state index in [-0.39, 0.29) is 10.5 Å². The highest BCUT2D eigenvalue weighted by Crippen LogP contribution is 2.33. The second-order valence-corrected chi connectivity index (χ2v) is 7.95. The van der Waals surface area contributed by atoms with Crippen molar-refractivity contribution in [2.24, 2.45) is 0 Å². The lowest BCUT2D eigenvalue weighted by Crippen LogP contribution is -2.37. The molecule has 0 radical (unpaired) electrons. The fourth-order valence-corrected chi connectivity index (χ4v) is 3.58. The summed E-state index contributed by atoms with van der Waals surface area (Å²) >= 11 is 0.727. The quantitative estimate of drug-likeness (QED) is 0.234. The zero-order valence-electron chi connectivity index (χ0n) is 16.6. The van der Waals surface area contributed by atoms with Gasteiger partial charge in [0, 0.05) is 5.39 Å². The Balaban J connectivity index is 1.67. The van der Waals surface area contributed by atoms with Gasteiger partial charge in [-0.2, -0.15) is 13.2 Å².